The largest absolute Gasteiger partial charge is 0.371 e. The van der Waals surface area contributed by atoms with Crippen molar-refractivity contribution in [3.63, 3.8) is 0 Å². The number of rotatable bonds is 5. The van der Waals surface area contributed by atoms with Crippen LogP contribution in [0.2, 0.25) is 0 Å². The number of sulfonamides is 1. The number of piperidine rings is 1. The first kappa shape index (κ1) is 21.4. The molecule has 1 saturated heterocycles. The molecule has 0 bridgehead atoms. The van der Waals surface area contributed by atoms with E-state index in [1.807, 2.05) is 0 Å². The third kappa shape index (κ3) is 5.20. The highest BCUT2D eigenvalue weighted by atomic mass is 79.9. The zero-order valence-corrected chi connectivity index (χ0v) is 17.8. The van der Waals surface area contributed by atoms with Gasteiger partial charge in [0.2, 0.25) is 15.8 Å². The van der Waals surface area contributed by atoms with Gasteiger partial charge in [0, 0.05) is 30.4 Å². The molecule has 1 fully saturated rings. The number of halogens is 2. The number of primary sulfonamides is 1. The lowest BCUT2D eigenvalue weighted by Gasteiger charge is -2.33. The van der Waals surface area contributed by atoms with E-state index in [4.69, 9.17) is 10.5 Å². The molecule has 29 heavy (non-hydrogen) atoms. The maximum Gasteiger partial charge on any atom is 0.238 e. The zero-order chi connectivity index (χ0) is 21.2. The summed E-state index contributed by atoms with van der Waals surface area (Å²) in [5.74, 6) is -1.20. The molecule has 2 aromatic carbocycles. The lowest BCUT2D eigenvalue weighted by atomic mass is 9.91. The summed E-state index contributed by atoms with van der Waals surface area (Å²) in [5.41, 5.74) is 1.32. The number of Topliss-reactive ketones (excluding diaryl/α,β-unsaturated/α-hetero) is 1. The van der Waals surface area contributed by atoms with Crippen molar-refractivity contribution in [1.82, 2.24) is 0 Å². The highest BCUT2D eigenvalue weighted by molar-refractivity contribution is 9.10. The molecular weight excluding hydrogens is 463 g/mol. The standard InChI is InChI=1S/C19H20BrFN4O3S/c20-16-11-13(1-6-17(16)21)24-19(22)18(26)12-7-9-25(10-8-12)14-2-4-15(5-3-14)29(23,27)28/h1-6,11-12H,7-10H2,(H2,22,24)(H2,23,27,28). The van der Waals surface area contributed by atoms with E-state index in [0.717, 1.165) is 5.69 Å². The fourth-order valence-corrected chi connectivity index (χ4v) is 4.12. The number of hydrogen-bond acceptors (Lipinski definition) is 5. The summed E-state index contributed by atoms with van der Waals surface area (Å²) in [6.45, 7) is 1.22. The number of amidine groups is 1. The molecule has 0 spiro atoms. The molecule has 0 atom stereocenters. The smallest absolute Gasteiger partial charge is 0.238 e. The fourth-order valence-electron chi connectivity index (χ4n) is 3.23. The van der Waals surface area contributed by atoms with Gasteiger partial charge in [-0.15, -0.1) is 0 Å². The van der Waals surface area contributed by atoms with Gasteiger partial charge in [-0.1, -0.05) is 0 Å². The first-order valence-corrected chi connectivity index (χ1v) is 11.2. The molecule has 2 aromatic rings. The van der Waals surface area contributed by atoms with Crippen LogP contribution in [0.1, 0.15) is 12.8 Å². The summed E-state index contributed by atoms with van der Waals surface area (Å²) >= 11 is 3.08. The van der Waals surface area contributed by atoms with E-state index in [2.05, 4.69) is 26.1 Å². The molecule has 0 radical (unpaired) electrons. The third-order valence-electron chi connectivity index (χ3n) is 4.83. The Morgan fingerprint density at radius 1 is 1.17 bits per heavy atom. The van der Waals surface area contributed by atoms with Gasteiger partial charge in [0.05, 0.1) is 9.37 Å². The van der Waals surface area contributed by atoms with Crippen LogP contribution in [-0.2, 0) is 14.8 Å². The third-order valence-corrected chi connectivity index (χ3v) is 6.37. The molecule has 1 aliphatic rings. The number of hydrogen-bond donors (Lipinski definition) is 3. The van der Waals surface area contributed by atoms with Crippen molar-refractivity contribution in [2.75, 3.05) is 23.3 Å². The van der Waals surface area contributed by atoms with E-state index >= 15 is 0 Å². The average molecular weight is 483 g/mol. The molecule has 0 aromatic heterocycles. The molecule has 0 amide bonds. The van der Waals surface area contributed by atoms with E-state index < -0.39 is 15.8 Å². The van der Waals surface area contributed by atoms with Crippen LogP contribution in [-0.4, -0.2) is 33.1 Å². The van der Waals surface area contributed by atoms with Gasteiger partial charge in [-0.05, 0) is 71.2 Å². The molecule has 1 heterocycles. The number of nitrogens with one attached hydrogen (secondary N) is 2. The molecule has 0 aliphatic carbocycles. The Morgan fingerprint density at radius 3 is 2.34 bits per heavy atom. The summed E-state index contributed by atoms with van der Waals surface area (Å²) in [4.78, 5) is 14.7. The van der Waals surface area contributed by atoms with Gasteiger partial charge in [-0.25, -0.2) is 17.9 Å². The normalized spacial score (nSPS) is 15.2. The van der Waals surface area contributed by atoms with Crippen molar-refractivity contribution in [3.05, 3.63) is 52.8 Å². The lowest BCUT2D eigenvalue weighted by molar-refractivity contribution is -0.117. The number of anilines is 2. The number of nitrogens with two attached hydrogens (primary N) is 1. The van der Waals surface area contributed by atoms with Gasteiger partial charge in [-0.2, -0.15) is 0 Å². The van der Waals surface area contributed by atoms with Gasteiger partial charge >= 0.3 is 0 Å². The second kappa shape index (κ2) is 8.60. The minimum absolute atomic E-state index is 0.0540. The van der Waals surface area contributed by atoms with Gasteiger partial charge in [0.1, 0.15) is 5.82 Å². The number of ketones is 1. The van der Waals surface area contributed by atoms with Crippen LogP contribution >= 0.6 is 15.9 Å². The van der Waals surface area contributed by atoms with E-state index in [1.54, 1.807) is 12.1 Å². The fraction of sp³-hybridized carbons (Fsp3) is 0.263. The van der Waals surface area contributed by atoms with Crippen LogP contribution in [0.5, 0.6) is 0 Å². The van der Waals surface area contributed by atoms with Gasteiger partial charge in [-0.3, -0.25) is 10.2 Å². The predicted molar refractivity (Wildman–Crippen MR) is 113 cm³/mol. The number of carbonyl (C=O) groups is 1. The van der Waals surface area contributed by atoms with Crippen LogP contribution in [0, 0.1) is 17.1 Å². The van der Waals surface area contributed by atoms with Gasteiger partial charge < -0.3 is 10.2 Å². The minimum atomic E-state index is -3.73. The quantitative estimate of drug-likeness (QED) is 0.447. The van der Waals surface area contributed by atoms with Crippen LogP contribution in [0.15, 0.2) is 51.8 Å². The molecule has 154 valence electrons. The van der Waals surface area contributed by atoms with Gasteiger partial charge in [0.15, 0.2) is 5.84 Å². The monoisotopic (exact) mass is 482 g/mol. The van der Waals surface area contributed by atoms with E-state index in [0.29, 0.717) is 31.6 Å². The molecule has 3 rings (SSSR count). The Kier molecular flexibility index (Phi) is 6.35. The second-order valence-electron chi connectivity index (χ2n) is 6.79. The number of carbonyl (C=O) groups excluding carboxylic acids is 1. The summed E-state index contributed by atoms with van der Waals surface area (Å²) < 4.78 is 36.3. The number of benzene rings is 2. The van der Waals surface area contributed by atoms with Crippen molar-refractivity contribution < 1.29 is 17.6 Å². The Labute approximate surface area is 176 Å². The maximum absolute atomic E-state index is 13.3. The van der Waals surface area contributed by atoms with Crippen molar-refractivity contribution in [1.29, 1.82) is 5.41 Å². The Bertz CT molecular complexity index is 1040. The van der Waals surface area contributed by atoms with E-state index in [-0.39, 0.29) is 26.9 Å². The molecule has 4 N–H and O–H groups in total. The average Bonchev–Trinajstić information content (AvgIpc) is 2.70. The highest BCUT2D eigenvalue weighted by Gasteiger charge is 2.28. The summed E-state index contributed by atoms with van der Waals surface area (Å²) in [5, 5.41) is 15.9. The molecule has 1 aliphatic heterocycles. The first-order valence-electron chi connectivity index (χ1n) is 8.88. The van der Waals surface area contributed by atoms with E-state index in [9.17, 15) is 17.6 Å². The van der Waals surface area contributed by atoms with Crippen molar-refractivity contribution in [3.8, 4) is 0 Å². The van der Waals surface area contributed by atoms with Crippen LogP contribution in [0.3, 0.4) is 0 Å². The zero-order valence-electron chi connectivity index (χ0n) is 15.4. The predicted octanol–water partition coefficient (Wildman–Crippen LogP) is 3.11. The molecule has 0 saturated carbocycles. The lowest BCUT2D eigenvalue weighted by Crippen LogP contribution is -2.39. The highest BCUT2D eigenvalue weighted by Crippen LogP contribution is 2.26. The SMILES string of the molecule is N=C(Nc1ccc(F)c(Br)c1)C(=O)C1CCN(c2ccc(S(N)(=O)=O)cc2)CC1. The van der Waals surface area contributed by atoms with Crippen molar-refractivity contribution in [2.24, 2.45) is 11.1 Å². The van der Waals surface area contributed by atoms with E-state index in [1.165, 1.54) is 30.3 Å². The molecular formula is C19H20BrFN4O3S. The summed E-state index contributed by atoms with van der Waals surface area (Å²) in [6.07, 6.45) is 1.15. The minimum Gasteiger partial charge on any atom is -0.371 e. The number of nitrogens with zero attached hydrogens (tertiary/aromatic N) is 1. The first-order chi connectivity index (χ1) is 13.6. The summed E-state index contributed by atoms with van der Waals surface area (Å²) in [7, 11) is -3.73. The Balaban J connectivity index is 1.57. The molecule has 10 heteroatoms. The van der Waals surface area contributed by atoms with Gasteiger partial charge in [0.25, 0.3) is 0 Å². The van der Waals surface area contributed by atoms with Crippen molar-refractivity contribution in [2.45, 2.75) is 17.7 Å². The Hall–Kier alpha value is -2.30. The van der Waals surface area contributed by atoms with Crippen LogP contribution < -0.4 is 15.4 Å². The molecule has 7 nitrogen and oxygen atoms in total. The second-order valence-corrected chi connectivity index (χ2v) is 9.21. The maximum atomic E-state index is 13.3. The molecule has 0 unspecified atom stereocenters. The summed E-state index contributed by atoms with van der Waals surface area (Å²) in [6, 6.07) is 10.5. The topological polar surface area (TPSA) is 116 Å². The Morgan fingerprint density at radius 2 is 1.79 bits per heavy atom. The van der Waals surface area contributed by atoms with Crippen LogP contribution in [0.25, 0.3) is 0 Å². The van der Waals surface area contributed by atoms with Crippen LogP contribution in [0.4, 0.5) is 15.8 Å². The van der Waals surface area contributed by atoms with Crippen molar-refractivity contribution >= 4 is 48.9 Å².